The van der Waals surface area contributed by atoms with E-state index in [2.05, 4.69) is 5.32 Å². The number of benzene rings is 1. The molecule has 116 valence electrons. The van der Waals surface area contributed by atoms with Crippen molar-refractivity contribution < 1.29 is 19.1 Å². The van der Waals surface area contributed by atoms with E-state index in [-0.39, 0.29) is 11.5 Å². The van der Waals surface area contributed by atoms with Gasteiger partial charge in [0.25, 0.3) is 5.91 Å². The molecule has 1 unspecified atom stereocenters. The third-order valence-corrected chi connectivity index (χ3v) is 2.97. The van der Waals surface area contributed by atoms with Gasteiger partial charge in [0, 0.05) is 5.69 Å². The first kappa shape index (κ1) is 16.8. The zero-order chi connectivity index (χ0) is 16.0. The van der Waals surface area contributed by atoms with Crippen molar-refractivity contribution in [3.63, 3.8) is 0 Å². The monoisotopic (exact) mass is 294 g/mol. The summed E-state index contributed by atoms with van der Waals surface area (Å²) in [5.74, 6) is -0.262. The zero-order valence-electron chi connectivity index (χ0n) is 12.8. The van der Waals surface area contributed by atoms with Crippen LogP contribution >= 0.6 is 0 Å². The van der Waals surface area contributed by atoms with Crippen molar-refractivity contribution in [2.75, 3.05) is 20.0 Å². The van der Waals surface area contributed by atoms with E-state index in [1.807, 2.05) is 13.8 Å². The molecule has 0 bridgehead atoms. The lowest BCUT2D eigenvalue weighted by molar-refractivity contribution is -0.143. The summed E-state index contributed by atoms with van der Waals surface area (Å²) in [5.41, 5.74) is 6.42. The van der Waals surface area contributed by atoms with Crippen molar-refractivity contribution in [3.05, 3.63) is 23.8 Å². The number of carbonyl (C=O) groups is 2. The third-order valence-electron chi connectivity index (χ3n) is 2.97. The number of hydrogen-bond acceptors (Lipinski definition) is 5. The quantitative estimate of drug-likeness (QED) is 0.614. The van der Waals surface area contributed by atoms with E-state index in [0.29, 0.717) is 17.9 Å². The predicted molar refractivity (Wildman–Crippen MR) is 80.1 cm³/mol. The average molecular weight is 294 g/mol. The summed E-state index contributed by atoms with van der Waals surface area (Å²) < 4.78 is 9.86. The van der Waals surface area contributed by atoms with Crippen LogP contribution in [0.25, 0.3) is 0 Å². The molecule has 0 aliphatic carbocycles. The molecule has 1 aromatic rings. The van der Waals surface area contributed by atoms with E-state index in [4.69, 9.17) is 15.2 Å². The molecule has 0 aliphatic heterocycles. The van der Waals surface area contributed by atoms with E-state index in [9.17, 15) is 9.59 Å². The highest BCUT2D eigenvalue weighted by Crippen LogP contribution is 2.21. The summed E-state index contributed by atoms with van der Waals surface area (Å²) in [5, 5.41) is 2.67. The molecule has 3 N–H and O–H groups in total. The van der Waals surface area contributed by atoms with Gasteiger partial charge >= 0.3 is 5.97 Å². The Hall–Kier alpha value is -2.24. The van der Waals surface area contributed by atoms with Crippen molar-refractivity contribution in [3.8, 4) is 5.75 Å². The summed E-state index contributed by atoms with van der Waals surface area (Å²) in [4.78, 5) is 24.1. The van der Waals surface area contributed by atoms with Crippen molar-refractivity contribution in [2.24, 2.45) is 5.92 Å². The van der Waals surface area contributed by atoms with Gasteiger partial charge in [0.05, 0.1) is 19.8 Å². The van der Waals surface area contributed by atoms with Crippen LogP contribution in [-0.4, -0.2) is 32.1 Å². The SMILES string of the molecule is COC(=O)C(CC(C)C)NC(=O)c1cc(N)ccc1OC. The van der Waals surface area contributed by atoms with Crippen LogP contribution in [0.3, 0.4) is 0 Å². The van der Waals surface area contributed by atoms with Gasteiger partial charge in [0.2, 0.25) is 0 Å². The van der Waals surface area contributed by atoms with Crippen LogP contribution in [0.2, 0.25) is 0 Å². The molecule has 6 heteroatoms. The topological polar surface area (TPSA) is 90.7 Å². The standard InChI is InChI=1S/C15H22N2O4/c1-9(2)7-12(15(19)21-4)17-14(18)11-8-10(16)5-6-13(11)20-3/h5-6,8-9,12H,7,16H2,1-4H3,(H,17,18). The van der Waals surface area contributed by atoms with Crippen molar-refractivity contribution in [1.29, 1.82) is 0 Å². The molecule has 1 atom stereocenters. The molecule has 0 fully saturated rings. The molecule has 0 spiro atoms. The number of ether oxygens (including phenoxy) is 2. The summed E-state index contributed by atoms with van der Waals surface area (Å²) in [7, 11) is 2.76. The Morgan fingerprint density at radius 1 is 1.29 bits per heavy atom. The highest BCUT2D eigenvalue weighted by molar-refractivity contribution is 5.99. The maximum absolute atomic E-state index is 12.3. The minimum atomic E-state index is -0.700. The van der Waals surface area contributed by atoms with Gasteiger partial charge in [-0.2, -0.15) is 0 Å². The Labute approximate surface area is 124 Å². The van der Waals surface area contributed by atoms with Crippen LogP contribution in [-0.2, 0) is 9.53 Å². The van der Waals surface area contributed by atoms with E-state index < -0.39 is 17.9 Å². The Morgan fingerprint density at radius 3 is 2.48 bits per heavy atom. The predicted octanol–water partition coefficient (Wildman–Crippen LogP) is 1.59. The summed E-state index contributed by atoms with van der Waals surface area (Å²) >= 11 is 0. The number of esters is 1. The van der Waals surface area contributed by atoms with E-state index >= 15 is 0 Å². The number of rotatable bonds is 6. The second-order valence-corrected chi connectivity index (χ2v) is 5.14. The highest BCUT2D eigenvalue weighted by atomic mass is 16.5. The lowest BCUT2D eigenvalue weighted by atomic mass is 10.0. The Bertz CT molecular complexity index is 514. The van der Waals surface area contributed by atoms with E-state index in [1.54, 1.807) is 12.1 Å². The maximum Gasteiger partial charge on any atom is 0.328 e. The number of anilines is 1. The molecule has 0 radical (unpaired) electrons. The summed E-state index contributed by atoms with van der Waals surface area (Å²) in [6, 6.07) is 4.06. The van der Waals surface area contributed by atoms with Crippen molar-refractivity contribution in [1.82, 2.24) is 5.32 Å². The highest BCUT2D eigenvalue weighted by Gasteiger charge is 2.24. The van der Waals surface area contributed by atoms with Gasteiger partial charge in [0.1, 0.15) is 11.8 Å². The smallest absolute Gasteiger partial charge is 0.328 e. The zero-order valence-corrected chi connectivity index (χ0v) is 12.8. The lowest BCUT2D eigenvalue weighted by Gasteiger charge is -2.19. The second-order valence-electron chi connectivity index (χ2n) is 5.14. The van der Waals surface area contributed by atoms with Gasteiger partial charge in [-0.3, -0.25) is 4.79 Å². The normalized spacial score (nSPS) is 11.9. The molecule has 1 amide bonds. The second kappa shape index (κ2) is 7.52. The first-order valence-corrected chi connectivity index (χ1v) is 6.71. The van der Waals surface area contributed by atoms with Crippen LogP contribution in [0.15, 0.2) is 18.2 Å². The number of amides is 1. The van der Waals surface area contributed by atoms with E-state index in [1.165, 1.54) is 20.3 Å². The molecule has 1 rings (SSSR count). The fourth-order valence-electron chi connectivity index (χ4n) is 1.97. The summed E-state index contributed by atoms with van der Waals surface area (Å²) in [6.07, 6.45) is 0.489. The Kier molecular flexibility index (Phi) is 6.02. The largest absolute Gasteiger partial charge is 0.496 e. The molecular weight excluding hydrogens is 272 g/mol. The van der Waals surface area contributed by atoms with Gasteiger partial charge in [0.15, 0.2) is 0 Å². The molecule has 0 aromatic heterocycles. The van der Waals surface area contributed by atoms with Crippen LogP contribution in [0, 0.1) is 5.92 Å². The van der Waals surface area contributed by atoms with Gasteiger partial charge < -0.3 is 20.5 Å². The first-order valence-electron chi connectivity index (χ1n) is 6.71. The number of nitrogens with two attached hydrogens (primary N) is 1. The number of hydrogen-bond donors (Lipinski definition) is 2. The lowest BCUT2D eigenvalue weighted by Crippen LogP contribution is -2.42. The van der Waals surface area contributed by atoms with Gasteiger partial charge in [-0.05, 0) is 30.5 Å². The van der Waals surface area contributed by atoms with Crippen LogP contribution in [0.5, 0.6) is 5.75 Å². The molecule has 0 saturated carbocycles. The number of nitrogens with one attached hydrogen (secondary N) is 1. The minimum absolute atomic E-state index is 0.233. The van der Waals surface area contributed by atoms with Gasteiger partial charge in [-0.15, -0.1) is 0 Å². The molecule has 0 heterocycles. The molecule has 0 aliphatic rings. The Morgan fingerprint density at radius 2 is 1.95 bits per heavy atom. The Balaban J connectivity index is 2.96. The number of methoxy groups -OCH3 is 2. The first-order chi connectivity index (χ1) is 9.88. The van der Waals surface area contributed by atoms with Gasteiger partial charge in [-0.25, -0.2) is 4.79 Å². The van der Waals surface area contributed by atoms with E-state index in [0.717, 1.165) is 0 Å². The van der Waals surface area contributed by atoms with Gasteiger partial charge in [-0.1, -0.05) is 13.8 Å². The minimum Gasteiger partial charge on any atom is -0.496 e. The molecular formula is C15H22N2O4. The third kappa shape index (κ3) is 4.66. The van der Waals surface area contributed by atoms with Crippen LogP contribution in [0.1, 0.15) is 30.6 Å². The average Bonchev–Trinajstić information content (AvgIpc) is 2.45. The van der Waals surface area contributed by atoms with Crippen molar-refractivity contribution in [2.45, 2.75) is 26.3 Å². The van der Waals surface area contributed by atoms with Crippen molar-refractivity contribution >= 4 is 17.6 Å². The maximum atomic E-state index is 12.3. The molecule has 6 nitrogen and oxygen atoms in total. The fraction of sp³-hybridized carbons (Fsp3) is 0.467. The molecule has 1 aromatic carbocycles. The van der Waals surface area contributed by atoms with Crippen LogP contribution in [0.4, 0.5) is 5.69 Å². The number of nitrogen functional groups attached to an aromatic ring is 1. The summed E-state index contributed by atoms with van der Waals surface area (Å²) in [6.45, 7) is 3.92. The fourth-order valence-corrected chi connectivity index (χ4v) is 1.97. The van der Waals surface area contributed by atoms with Crippen LogP contribution < -0.4 is 15.8 Å². The molecule has 21 heavy (non-hydrogen) atoms. The molecule has 0 saturated heterocycles. The number of carbonyl (C=O) groups excluding carboxylic acids is 2.